The van der Waals surface area contributed by atoms with Gasteiger partial charge in [-0.2, -0.15) is 0 Å². The Morgan fingerprint density at radius 3 is 3.00 bits per heavy atom. The smallest absolute Gasteiger partial charge is 0.341 e. The molecule has 0 bridgehead atoms. The highest BCUT2D eigenvalue weighted by Crippen LogP contribution is 2.32. The Kier molecular flexibility index (Phi) is 4.98. The number of ether oxygens (including phenoxy) is 1. The molecule has 1 aromatic carbocycles. The van der Waals surface area contributed by atoms with Crippen molar-refractivity contribution in [3.8, 4) is 0 Å². The number of nitrogens with two attached hydrogens (primary N) is 1. The summed E-state index contributed by atoms with van der Waals surface area (Å²) >= 11 is 7.54. The molecule has 1 aromatic heterocycles. The number of hydrogen-bond donors (Lipinski definition) is 1. The van der Waals surface area contributed by atoms with Crippen molar-refractivity contribution in [2.45, 2.75) is 17.6 Å². The summed E-state index contributed by atoms with van der Waals surface area (Å²) in [6.07, 6.45) is 1.48. The van der Waals surface area contributed by atoms with Gasteiger partial charge in [0, 0.05) is 10.6 Å². The van der Waals surface area contributed by atoms with Crippen molar-refractivity contribution in [3.63, 3.8) is 0 Å². The summed E-state index contributed by atoms with van der Waals surface area (Å²) in [6.45, 7) is 2.09. The number of hydrogen-bond acceptors (Lipinski definition) is 5. The molecule has 0 unspecified atom stereocenters. The lowest BCUT2D eigenvalue weighted by Crippen LogP contribution is -2.05. The van der Waals surface area contributed by atoms with E-state index >= 15 is 0 Å². The van der Waals surface area contributed by atoms with Gasteiger partial charge in [0.15, 0.2) is 0 Å². The van der Waals surface area contributed by atoms with Crippen LogP contribution in [0.4, 0.5) is 5.69 Å². The van der Waals surface area contributed by atoms with E-state index in [4.69, 9.17) is 26.5 Å². The van der Waals surface area contributed by atoms with Crippen LogP contribution in [-0.2, 0) is 10.5 Å². The summed E-state index contributed by atoms with van der Waals surface area (Å²) in [4.78, 5) is 12.6. The maximum absolute atomic E-state index is 11.7. The molecule has 0 atom stereocenters. The summed E-state index contributed by atoms with van der Waals surface area (Å²) < 4.78 is 10.3. The molecule has 0 aliphatic rings. The molecular weight excluding hydrogens is 298 g/mol. The Labute approximate surface area is 126 Å². The quantitative estimate of drug-likeness (QED) is 0.514. The van der Waals surface area contributed by atoms with Crippen LogP contribution < -0.4 is 5.73 Å². The molecule has 0 aliphatic heterocycles. The third-order valence-corrected chi connectivity index (χ3v) is 4.05. The predicted molar refractivity (Wildman–Crippen MR) is 80.1 cm³/mol. The zero-order valence-electron chi connectivity index (χ0n) is 10.9. The first-order chi connectivity index (χ1) is 9.61. The first-order valence-electron chi connectivity index (χ1n) is 6.03. The third-order valence-electron chi connectivity index (χ3n) is 2.55. The number of thioether (sulfide) groups is 1. The third kappa shape index (κ3) is 3.49. The van der Waals surface area contributed by atoms with Crippen molar-refractivity contribution in [1.82, 2.24) is 0 Å². The van der Waals surface area contributed by atoms with Gasteiger partial charge in [-0.1, -0.05) is 11.6 Å². The lowest BCUT2D eigenvalue weighted by molar-refractivity contribution is 0.0524. The molecule has 0 radical (unpaired) electrons. The summed E-state index contributed by atoms with van der Waals surface area (Å²) in [5.74, 6) is 0.659. The number of carbonyl (C=O) groups is 1. The van der Waals surface area contributed by atoms with Gasteiger partial charge in [-0.3, -0.25) is 0 Å². The minimum atomic E-state index is -0.379. The number of carbonyl (C=O) groups excluding carboxylic acids is 1. The number of furan rings is 1. The average molecular weight is 312 g/mol. The van der Waals surface area contributed by atoms with Gasteiger partial charge in [-0.15, -0.1) is 11.8 Å². The fourth-order valence-electron chi connectivity index (χ4n) is 1.62. The van der Waals surface area contributed by atoms with E-state index in [0.717, 1.165) is 4.90 Å². The van der Waals surface area contributed by atoms with E-state index in [1.165, 1.54) is 18.0 Å². The van der Waals surface area contributed by atoms with Crippen molar-refractivity contribution >= 4 is 35.0 Å². The number of esters is 1. The van der Waals surface area contributed by atoms with Gasteiger partial charge in [0.2, 0.25) is 0 Å². The van der Waals surface area contributed by atoms with Gasteiger partial charge in [0.1, 0.15) is 11.3 Å². The minimum Gasteiger partial charge on any atom is -0.468 e. The number of benzene rings is 1. The molecule has 2 aromatic rings. The van der Waals surface area contributed by atoms with E-state index in [2.05, 4.69) is 0 Å². The Bertz CT molecular complexity index is 612. The molecule has 6 heteroatoms. The zero-order chi connectivity index (χ0) is 14.5. The van der Waals surface area contributed by atoms with Gasteiger partial charge in [-0.05, 0) is 31.2 Å². The first kappa shape index (κ1) is 14.8. The normalized spacial score (nSPS) is 10.5. The monoisotopic (exact) mass is 311 g/mol. The van der Waals surface area contributed by atoms with E-state index < -0.39 is 0 Å². The predicted octanol–water partition coefficient (Wildman–Crippen LogP) is 3.98. The molecule has 20 heavy (non-hydrogen) atoms. The molecule has 106 valence electrons. The molecule has 1 heterocycles. The lowest BCUT2D eigenvalue weighted by atomic mass is 10.3. The standard InChI is InChI=1S/C14H14ClNO3S/c1-2-18-14(17)10-5-6-19-12(10)8-20-13-7-9(16)3-4-11(13)15/h3-7H,2,8,16H2,1H3. The summed E-state index contributed by atoms with van der Waals surface area (Å²) in [6, 6.07) is 6.88. The molecule has 4 nitrogen and oxygen atoms in total. The summed E-state index contributed by atoms with van der Waals surface area (Å²) in [5.41, 5.74) is 6.81. The largest absolute Gasteiger partial charge is 0.468 e. The molecule has 2 rings (SSSR count). The van der Waals surface area contributed by atoms with Crippen LogP contribution in [-0.4, -0.2) is 12.6 Å². The van der Waals surface area contributed by atoms with E-state index in [1.54, 1.807) is 31.2 Å². The molecule has 0 amide bonds. The Balaban J connectivity index is 2.10. The van der Waals surface area contributed by atoms with Gasteiger partial charge in [0.05, 0.1) is 23.6 Å². The van der Waals surface area contributed by atoms with E-state index in [0.29, 0.717) is 34.4 Å². The molecule has 0 fully saturated rings. The summed E-state index contributed by atoms with van der Waals surface area (Å²) in [7, 11) is 0. The van der Waals surface area contributed by atoms with Crippen molar-refractivity contribution in [3.05, 3.63) is 46.9 Å². The second-order valence-corrected chi connectivity index (χ2v) is 5.38. The van der Waals surface area contributed by atoms with Crippen LogP contribution in [0.25, 0.3) is 0 Å². The fraction of sp³-hybridized carbons (Fsp3) is 0.214. The number of rotatable bonds is 5. The maximum Gasteiger partial charge on any atom is 0.341 e. The highest BCUT2D eigenvalue weighted by molar-refractivity contribution is 7.98. The highest BCUT2D eigenvalue weighted by Gasteiger charge is 2.16. The van der Waals surface area contributed by atoms with Crippen molar-refractivity contribution < 1.29 is 13.9 Å². The van der Waals surface area contributed by atoms with Gasteiger partial charge in [-0.25, -0.2) is 4.79 Å². The van der Waals surface area contributed by atoms with Crippen molar-refractivity contribution in [2.75, 3.05) is 12.3 Å². The maximum atomic E-state index is 11.7. The van der Waals surface area contributed by atoms with E-state index in [1.807, 2.05) is 0 Å². The highest BCUT2D eigenvalue weighted by atomic mass is 35.5. The number of anilines is 1. The van der Waals surface area contributed by atoms with Gasteiger partial charge in [0.25, 0.3) is 0 Å². The summed E-state index contributed by atoms with van der Waals surface area (Å²) in [5, 5.41) is 0.619. The molecule has 2 N–H and O–H groups in total. The minimum absolute atomic E-state index is 0.331. The molecular formula is C14H14ClNO3S. The lowest BCUT2D eigenvalue weighted by Gasteiger charge is -2.05. The van der Waals surface area contributed by atoms with Crippen LogP contribution >= 0.6 is 23.4 Å². The van der Waals surface area contributed by atoms with E-state index in [9.17, 15) is 4.79 Å². The van der Waals surface area contributed by atoms with Crippen LogP contribution in [0, 0.1) is 0 Å². The van der Waals surface area contributed by atoms with Crippen LogP contribution in [0.1, 0.15) is 23.0 Å². The van der Waals surface area contributed by atoms with Crippen LogP contribution in [0.2, 0.25) is 5.02 Å². The van der Waals surface area contributed by atoms with Crippen LogP contribution in [0.3, 0.4) is 0 Å². The van der Waals surface area contributed by atoms with Gasteiger partial charge < -0.3 is 14.9 Å². The SMILES string of the molecule is CCOC(=O)c1ccoc1CSc1cc(N)ccc1Cl. The first-order valence-corrected chi connectivity index (χ1v) is 7.39. The molecule has 0 spiro atoms. The molecule has 0 aliphatic carbocycles. The second-order valence-electron chi connectivity index (χ2n) is 3.96. The Morgan fingerprint density at radius 2 is 2.25 bits per heavy atom. The Morgan fingerprint density at radius 1 is 1.45 bits per heavy atom. The molecule has 0 saturated carbocycles. The van der Waals surface area contributed by atoms with Crippen LogP contribution in [0.15, 0.2) is 39.8 Å². The van der Waals surface area contributed by atoms with Crippen molar-refractivity contribution in [2.24, 2.45) is 0 Å². The van der Waals surface area contributed by atoms with Gasteiger partial charge >= 0.3 is 5.97 Å². The second kappa shape index (κ2) is 6.72. The Hall–Kier alpha value is -1.59. The number of nitrogen functional groups attached to an aromatic ring is 1. The topological polar surface area (TPSA) is 65.5 Å². The molecule has 0 saturated heterocycles. The van der Waals surface area contributed by atoms with E-state index in [-0.39, 0.29) is 5.97 Å². The number of halogens is 1. The van der Waals surface area contributed by atoms with Crippen molar-refractivity contribution in [1.29, 1.82) is 0 Å². The average Bonchev–Trinajstić information content (AvgIpc) is 2.88. The van der Waals surface area contributed by atoms with Crippen LogP contribution in [0.5, 0.6) is 0 Å². The zero-order valence-corrected chi connectivity index (χ0v) is 12.5. The fourth-order valence-corrected chi connectivity index (χ4v) is 2.83.